The maximum absolute atomic E-state index is 13.5. The maximum Gasteiger partial charge on any atom is 0.244 e. The predicted molar refractivity (Wildman–Crippen MR) is 67.5 cm³/mol. The normalized spacial score (nSPS) is 16.5. The van der Waals surface area contributed by atoms with Crippen molar-refractivity contribution in [2.45, 2.75) is 25.8 Å². The number of aromatic nitrogens is 1. The smallest absolute Gasteiger partial charge is 0.244 e. The average molecular weight is 270 g/mol. The van der Waals surface area contributed by atoms with Crippen LogP contribution >= 0.6 is 0 Å². The van der Waals surface area contributed by atoms with Crippen molar-refractivity contribution in [3.8, 4) is 0 Å². The highest BCUT2D eigenvalue weighted by molar-refractivity contribution is 5.84. The largest absolute Gasteiger partial charge is 0.381 e. The fourth-order valence-electron chi connectivity index (χ4n) is 2.06. The Bertz CT molecular complexity index is 489. The lowest BCUT2D eigenvalue weighted by molar-refractivity contribution is -0.130. The average Bonchev–Trinajstić information content (AvgIpc) is 2.88. The van der Waals surface area contributed by atoms with Crippen molar-refractivity contribution < 1.29 is 13.6 Å². The summed E-state index contributed by atoms with van der Waals surface area (Å²) < 4.78 is 26.5. The van der Waals surface area contributed by atoms with E-state index in [0.29, 0.717) is 19.2 Å². The van der Waals surface area contributed by atoms with Gasteiger partial charge in [-0.2, -0.15) is 0 Å². The number of carbonyl (C=O) groups is 1. The van der Waals surface area contributed by atoms with Gasteiger partial charge in [-0.15, -0.1) is 0 Å². The summed E-state index contributed by atoms with van der Waals surface area (Å²) in [6.45, 7) is 3.04. The number of pyridine rings is 1. The van der Waals surface area contributed by atoms with Crippen LogP contribution in [0.15, 0.2) is 6.07 Å². The number of nitrogens with zero attached hydrogens (tertiary/aromatic N) is 2. The molecule has 0 aliphatic carbocycles. The third-order valence-corrected chi connectivity index (χ3v) is 3.10. The van der Waals surface area contributed by atoms with Gasteiger partial charge < -0.3 is 16.0 Å². The topological polar surface area (TPSA) is 71.2 Å². The highest BCUT2D eigenvalue weighted by Crippen LogP contribution is 2.18. The van der Waals surface area contributed by atoms with E-state index in [2.05, 4.69) is 10.3 Å². The van der Waals surface area contributed by atoms with Crippen LogP contribution in [-0.2, 0) is 4.79 Å². The summed E-state index contributed by atoms with van der Waals surface area (Å²) in [6, 6.07) is 0.0162. The third-order valence-electron chi connectivity index (χ3n) is 3.10. The molecule has 0 aromatic carbocycles. The molecule has 3 N–H and O–H groups in total. The minimum Gasteiger partial charge on any atom is -0.381 e. The minimum atomic E-state index is -0.915. The molecule has 7 heteroatoms. The van der Waals surface area contributed by atoms with E-state index in [1.165, 1.54) is 0 Å². The molecule has 1 fully saturated rings. The number of amides is 1. The van der Waals surface area contributed by atoms with E-state index in [-0.39, 0.29) is 11.7 Å². The molecule has 0 saturated carbocycles. The first-order valence-corrected chi connectivity index (χ1v) is 6.16. The molecule has 1 aromatic heterocycles. The lowest BCUT2D eigenvalue weighted by Gasteiger charge is -2.21. The van der Waals surface area contributed by atoms with E-state index in [1.54, 1.807) is 11.8 Å². The second-order valence-corrected chi connectivity index (χ2v) is 4.58. The van der Waals surface area contributed by atoms with Crippen LogP contribution in [0.3, 0.4) is 0 Å². The first kappa shape index (κ1) is 13.5. The number of anilines is 2. The lowest BCUT2D eigenvalue weighted by atomic mass is 10.3. The number of hydrogen-bond acceptors (Lipinski definition) is 4. The van der Waals surface area contributed by atoms with Crippen molar-refractivity contribution in [1.82, 2.24) is 9.88 Å². The molecular weight excluding hydrogens is 254 g/mol. The molecule has 1 aromatic rings. The molecule has 19 heavy (non-hydrogen) atoms. The summed E-state index contributed by atoms with van der Waals surface area (Å²) in [5, 5.41) is 2.63. The Labute approximate surface area is 109 Å². The van der Waals surface area contributed by atoms with Crippen LogP contribution in [0.5, 0.6) is 0 Å². The van der Waals surface area contributed by atoms with Gasteiger partial charge in [-0.05, 0) is 19.8 Å². The van der Waals surface area contributed by atoms with Crippen molar-refractivity contribution >= 4 is 17.5 Å². The zero-order valence-corrected chi connectivity index (χ0v) is 10.6. The lowest BCUT2D eigenvalue weighted by Crippen LogP contribution is -2.40. The van der Waals surface area contributed by atoms with Gasteiger partial charge in [-0.3, -0.25) is 4.79 Å². The molecule has 1 saturated heterocycles. The van der Waals surface area contributed by atoms with Crippen molar-refractivity contribution in [2.75, 3.05) is 24.1 Å². The number of rotatable bonds is 3. The van der Waals surface area contributed by atoms with Crippen molar-refractivity contribution in [1.29, 1.82) is 0 Å². The maximum atomic E-state index is 13.5. The molecule has 5 nitrogen and oxygen atoms in total. The van der Waals surface area contributed by atoms with Crippen molar-refractivity contribution in [2.24, 2.45) is 0 Å². The van der Waals surface area contributed by atoms with Gasteiger partial charge in [0.2, 0.25) is 5.91 Å². The summed E-state index contributed by atoms with van der Waals surface area (Å²) >= 11 is 0. The summed E-state index contributed by atoms with van der Waals surface area (Å²) in [5.74, 6) is -2.51. The number of nitrogens with one attached hydrogen (secondary N) is 1. The van der Waals surface area contributed by atoms with E-state index in [9.17, 15) is 13.6 Å². The van der Waals surface area contributed by atoms with E-state index in [4.69, 9.17) is 5.73 Å². The Balaban J connectivity index is 2.08. The van der Waals surface area contributed by atoms with Gasteiger partial charge >= 0.3 is 0 Å². The van der Waals surface area contributed by atoms with Crippen LogP contribution in [0, 0.1) is 11.6 Å². The first-order chi connectivity index (χ1) is 8.99. The highest BCUT2D eigenvalue weighted by Gasteiger charge is 2.24. The number of hydrogen-bond donors (Lipinski definition) is 2. The van der Waals surface area contributed by atoms with E-state index in [1.807, 2.05) is 0 Å². The van der Waals surface area contributed by atoms with Gasteiger partial charge in [0.1, 0.15) is 6.04 Å². The molecule has 1 atom stereocenters. The van der Waals surface area contributed by atoms with Crippen LogP contribution in [-0.4, -0.2) is 34.9 Å². The fourth-order valence-corrected chi connectivity index (χ4v) is 2.06. The number of likely N-dealkylation sites (tertiary alicyclic amines) is 1. The molecular formula is C12H16F2N4O. The summed E-state index contributed by atoms with van der Waals surface area (Å²) in [6.07, 6.45) is 1.96. The first-order valence-electron chi connectivity index (χ1n) is 6.16. The Morgan fingerprint density at radius 1 is 1.42 bits per heavy atom. The number of halogens is 2. The quantitative estimate of drug-likeness (QED) is 0.870. The molecule has 1 aliphatic rings. The second-order valence-electron chi connectivity index (χ2n) is 4.58. The number of carbonyl (C=O) groups excluding carboxylic acids is 1. The third kappa shape index (κ3) is 2.91. The Morgan fingerprint density at radius 3 is 2.68 bits per heavy atom. The fraction of sp³-hybridized carbons (Fsp3) is 0.500. The van der Waals surface area contributed by atoms with Gasteiger partial charge in [0.25, 0.3) is 0 Å². The summed E-state index contributed by atoms with van der Waals surface area (Å²) in [5.41, 5.74) is 5.28. The predicted octanol–water partition coefficient (Wildman–Crippen LogP) is 1.36. The molecule has 1 unspecified atom stereocenters. The molecule has 1 aliphatic heterocycles. The standard InChI is InChI=1S/C12H16F2N4O/c1-7(12(19)18-4-2-3-5-18)16-11-9(14)6-8(13)10(15)17-11/h6-7H,2-5H2,1H3,(H3,15,16,17). The molecule has 0 radical (unpaired) electrons. The van der Waals surface area contributed by atoms with Gasteiger partial charge in [0.15, 0.2) is 23.3 Å². The zero-order valence-electron chi connectivity index (χ0n) is 10.6. The molecule has 0 bridgehead atoms. The van der Waals surface area contributed by atoms with E-state index in [0.717, 1.165) is 12.8 Å². The minimum absolute atomic E-state index is 0.124. The molecule has 1 amide bonds. The van der Waals surface area contributed by atoms with Gasteiger partial charge in [-0.25, -0.2) is 13.8 Å². The van der Waals surface area contributed by atoms with E-state index < -0.39 is 23.5 Å². The number of nitrogen functional groups attached to an aromatic ring is 1. The summed E-state index contributed by atoms with van der Waals surface area (Å²) in [4.78, 5) is 17.3. The van der Waals surface area contributed by atoms with Crippen LogP contribution in [0.1, 0.15) is 19.8 Å². The van der Waals surface area contributed by atoms with Gasteiger partial charge in [0.05, 0.1) is 0 Å². The molecule has 2 heterocycles. The van der Waals surface area contributed by atoms with Gasteiger partial charge in [0, 0.05) is 19.2 Å². The second kappa shape index (κ2) is 5.38. The SMILES string of the molecule is CC(Nc1nc(N)c(F)cc1F)C(=O)N1CCCC1. The highest BCUT2D eigenvalue weighted by atomic mass is 19.1. The molecule has 104 valence electrons. The number of nitrogens with two attached hydrogens (primary N) is 1. The molecule has 2 rings (SSSR count). The van der Waals surface area contributed by atoms with E-state index >= 15 is 0 Å². The van der Waals surface area contributed by atoms with Crippen LogP contribution in [0.25, 0.3) is 0 Å². The van der Waals surface area contributed by atoms with Crippen LogP contribution in [0.2, 0.25) is 0 Å². The Kier molecular flexibility index (Phi) is 3.82. The molecule has 0 spiro atoms. The summed E-state index contributed by atoms with van der Waals surface area (Å²) in [7, 11) is 0. The zero-order chi connectivity index (χ0) is 14.0. The van der Waals surface area contributed by atoms with Gasteiger partial charge in [-0.1, -0.05) is 0 Å². The van der Waals surface area contributed by atoms with Crippen LogP contribution < -0.4 is 11.1 Å². The Hall–Kier alpha value is -1.92. The Morgan fingerprint density at radius 2 is 2.05 bits per heavy atom. The monoisotopic (exact) mass is 270 g/mol. The van der Waals surface area contributed by atoms with Crippen molar-refractivity contribution in [3.05, 3.63) is 17.7 Å². The van der Waals surface area contributed by atoms with Crippen LogP contribution in [0.4, 0.5) is 20.4 Å². The van der Waals surface area contributed by atoms with Crippen molar-refractivity contribution in [3.63, 3.8) is 0 Å².